The SMILES string of the molecule is O=S(=O)(O/C(=C/n1nnc2ccccc21)c1ccccc1)C(F)(F)F. The average molecular weight is 369 g/mol. The highest BCUT2D eigenvalue weighted by atomic mass is 32.2. The predicted molar refractivity (Wildman–Crippen MR) is 84.2 cm³/mol. The first-order valence-electron chi connectivity index (χ1n) is 6.86. The Hall–Kier alpha value is -2.88. The van der Waals surface area contributed by atoms with Gasteiger partial charge in [-0.3, -0.25) is 0 Å². The van der Waals surface area contributed by atoms with Crippen molar-refractivity contribution < 1.29 is 25.8 Å². The third-order valence-electron chi connectivity index (χ3n) is 3.16. The lowest BCUT2D eigenvalue weighted by Gasteiger charge is -2.12. The molecule has 0 amide bonds. The van der Waals surface area contributed by atoms with Gasteiger partial charge in [-0.05, 0) is 12.1 Å². The van der Waals surface area contributed by atoms with Gasteiger partial charge >= 0.3 is 15.6 Å². The molecule has 130 valence electrons. The van der Waals surface area contributed by atoms with Crippen molar-refractivity contribution in [3.05, 3.63) is 60.2 Å². The Bertz CT molecular complexity index is 1030. The van der Waals surface area contributed by atoms with Crippen molar-refractivity contribution in [3.63, 3.8) is 0 Å². The third kappa shape index (κ3) is 3.48. The number of halogens is 3. The van der Waals surface area contributed by atoms with Gasteiger partial charge in [-0.2, -0.15) is 21.6 Å². The summed E-state index contributed by atoms with van der Waals surface area (Å²) < 4.78 is 66.3. The van der Waals surface area contributed by atoms with Crippen LogP contribution in [0.2, 0.25) is 0 Å². The molecule has 0 spiro atoms. The minimum atomic E-state index is -5.83. The summed E-state index contributed by atoms with van der Waals surface area (Å²) in [5, 5.41) is 7.64. The summed E-state index contributed by atoms with van der Waals surface area (Å²) in [7, 11) is -5.83. The van der Waals surface area contributed by atoms with Crippen molar-refractivity contribution in [2.75, 3.05) is 0 Å². The number of rotatable bonds is 4. The molecule has 10 heteroatoms. The van der Waals surface area contributed by atoms with Gasteiger partial charge in [0.1, 0.15) is 5.52 Å². The van der Waals surface area contributed by atoms with E-state index in [0.717, 1.165) is 10.9 Å². The van der Waals surface area contributed by atoms with Crippen LogP contribution in [-0.2, 0) is 14.3 Å². The summed E-state index contributed by atoms with van der Waals surface area (Å²) in [6.07, 6.45) is 1.04. The molecule has 25 heavy (non-hydrogen) atoms. The Labute approximate surface area is 140 Å². The highest BCUT2D eigenvalue weighted by Crippen LogP contribution is 2.30. The van der Waals surface area contributed by atoms with Crippen LogP contribution in [0.4, 0.5) is 13.2 Å². The largest absolute Gasteiger partial charge is 0.534 e. The smallest absolute Gasteiger partial charge is 0.374 e. The number of benzene rings is 2. The molecule has 6 nitrogen and oxygen atoms in total. The Morgan fingerprint density at radius 1 is 1.04 bits per heavy atom. The van der Waals surface area contributed by atoms with Crippen LogP contribution in [-0.4, -0.2) is 28.9 Å². The molecule has 0 saturated carbocycles. The fourth-order valence-corrected chi connectivity index (χ4v) is 2.48. The fourth-order valence-electron chi connectivity index (χ4n) is 2.01. The zero-order chi connectivity index (χ0) is 18.1. The second-order valence-corrected chi connectivity index (χ2v) is 6.40. The predicted octanol–water partition coefficient (Wildman–Crippen LogP) is 3.25. The standard InChI is InChI=1S/C15H10F3N3O3S/c16-15(17,18)25(22,23)24-14(11-6-2-1-3-7-11)10-21-13-9-5-4-8-12(13)19-20-21/h1-10H/b14-10+. The van der Waals surface area contributed by atoms with E-state index in [1.165, 1.54) is 24.3 Å². The molecule has 0 radical (unpaired) electrons. The van der Waals surface area contributed by atoms with Gasteiger partial charge < -0.3 is 4.18 Å². The second kappa shape index (κ2) is 6.20. The molecule has 0 unspecified atom stereocenters. The van der Waals surface area contributed by atoms with Crippen LogP contribution in [0.1, 0.15) is 5.56 Å². The van der Waals surface area contributed by atoms with E-state index in [0.29, 0.717) is 11.0 Å². The molecule has 0 bridgehead atoms. The first kappa shape index (κ1) is 17.0. The van der Waals surface area contributed by atoms with Gasteiger partial charge in [-0.1, -0.05) is 47.7 Å². The first-order chi connectivity index (χ1) is 11.8. The monoisotopic (exact) mass is 369 g/mol. The zero-order valence-corrected chi connectivity index (χ0v) is 13.2. The summed E-state index contributed by atoms with van der Waals surface area (Å²) in [6.45, 7) is 0. The van der Waals surface area contributed by atoms with E-state index in [1.54, 1.807) is 30.3 Å². The molecule has 3 rings (SSSR count). The number of nitrogens with zero attached hydrogens (tertiary/aromatic N) is 3. The van der Waals surface area contributed by atoms with Crippen LogP contribution >= 0.6 is 0 Å². The molecular weight excluding hydrogens is 359 g/mol. The number of aromatic nitrogens is 3. The minimum absolute atomic E-state index is 0.134. The van der Waals surface area contributed by atoms with Crippen molar-refractivity contribution in [1.29, 1.82) is 0 Å². The topological polar surface area (TPSA) is 74.1 Å². The van der Waals surface area contributed by atoms with E-state index >= 15 is 0 Å². The number of alkyl halides is 3. The molecule has 1 heterocycles. The molecule has 0 saturated heterocycles. The number of hydrogen-bond donors (Lipinski definition) is 0. The number of fused-ring (bicyclic) bond motifs is 1. The highest BCUT2D eigenvalue weighted by molar-refractivity contribution is 7.87. The maximum absolute atomic E-state index is 12.7. The van der Waals surface area contributed by atoms with Crippen LogP contribution in [0.5, 0.6) is 0 Å². The van der Waals surface area contributed by atoms with Crippen LogP contribution in [0.25, 0.3) is 23.0 Å². The van der Waals surface area contributed by atoms with Gasteiger partial charge in [0.25, 0.3) is 0 Å². The van der Waals surface area contributed by atoms with E-state index in [4.69, 9.17) is 0 Å². The summed E-state index contributed by atoms with van der Waals surface area (Å²) >= 11 is 0. The van der Waals surface area contributed by atoms with Crippen molar-refractivity contribution >= 4 is 33.1 Å². The van der Waals surface area contributed by atoms with Gasteiger partial charge in [0.05, 0.1) is 11.7 Å². The summed E-state index contributed by atoms with van der Waals surface area (Å²) in [6, 6.07) is 14.2. The molecule has 2 aromatic carbocycles. The number of para-hydroxylation sites is 1. The lowest BCUT2D eigenvalue weighted by molar-refractivity contribution is -0.0509. The third-order valence-corrected chi connectivity index (χ3v) is 4.12. The maximum atomic E-state index is 12.7. The van der Waals surface area contributed by atoms with Crippen LogP contribution in [0.15, 0.2) is 54.6 Å². The van der Waals surface area contributed by atoms with E-state index < -0.39 is 21.4 Å². The molecule has 0 atom stereocenters. The van der Waals surface area contributed by atoms with Crippen molar-refractivity contribution in [2.24, 2.45) is 0 Å². The Morgan fingerprint density at radius 3 is 2.36 bits per heavy atom. The van der Waals surface area contributed by atoms with Gasteiger partial charge in [0.15, 0.2) is 5.76 Å². The average Bonchev–Trinajstić information content (AvgIpc) is 2.97. The van der Waals surface area contributed by atoms with E-state index in [-0.39, 0.29) is 5.56 Å². The minimum Gasteiger partial charge on any atom is -0.374 e. The number of hydrogen-bond acceptors (Lipinski definition) is 5. The molecule has 0 aliphatic carbocycles. The zero-order valence-electron chi connectivity index (χ0n) is 12.4. The fraction of sp³-hybridized carbons (Fsp3) is 0.0667. The summed E-state index contributed by atoms with van der Waals surface area (Å²) in [4.78, 5) is 0. The van der Waals surface area contributed by atoms with Crippen LogP contribution < -0.4 is 0 Å². The van der Waals surface area contributed by atoms with Crippen LogP contribution in [0.3, 0.4) is 0 Å². The van der Waals surface area contributed by atoms with Crippen molar-refractivity contribution in [3.8, 4) is 0 Å². The van der Waals surface area contributed by atoms with Crippen LogP contribution in [0, 0.1) is 0 Å². The highest BCUT2D eigenvalue weighted by Gasteiger charge is 2.49. The van der Waals surface area contributed by atoms with E-state index in [1.807, 2.05) is 0 Å². The molecule has 0 aliphatic heterocycles. The quantitative estimate of drug-likeness (QED) is 0.401. The van der Waals surface area contributed by atoms with Gasteiger partial charge in [-0.15, -0.1) is 5.10 Å². The lowest BCUT2D eigenvalue weighted by Crippen LogP contribution is -2.25. The Morgan fingerprint density at radius 2 is 1.68 bits per heavy atom. The molecule has 1 aromatic heterocycles. The molecule has 0 fully saturated rings. The second-order valence-electron chi connectivity index (χ2n) is 4.87. The normalized spacial score (nSPS) is 13.2. The van der Waals surface area contributed by atoms with Crippen molar-refractivity contribution in [2.45, 2.75) is 5.51 Å². The molecule has 0 N–H and O–H groups in total. The van der Waals surface area contributed by atoms with Gasteiger partial charge in [0.2, 0.25) is 0 Å². The van der Waals surface area contributed by atoms with E-state index in [2.05, 4.69) is 14.5 Å². The molecule has 0 aliphatic rings. The Kier molecular flexibility index (Phi) is 4.21. The van der Waals surface area contributed by atoms with Gasteiger partial charge in [-0.25, -0.2) is 4.68 Å². The van der Waals surface area contributed by atoms with Gasteiger partial charge in [0, 0.05) is 5.56 Å². The van der Waals surface area contributed by atoms with E-state index in [9.17, 15) is 21.6 Å². The summed E-state index contributed by atoms with van der Waals surface area (Å²) in [5.74, 6) is -0.534. The Balaban J connectivity index is 2.12. The first-order valence-corrected chi connectivity index (χ1v) is 8.27. The molecular formula is C15H10F3N3O3S. The van der Waals surface area contributed by atoms with Crippen molar-refractivity contribution in [1.82, 2.24) is 15.0 Å². The summed E-state index contributed by atoms with van der Waals surface area (Å²) in [5.41, 5.74) is -4.45. The maximum Gasteiger partial charge on any atom is 0.534 e. The molecule has 3 aromatic rings. The lowest BCUT2D eigenvalue weighted by atomic mass is 10.2.